The van der Waals surface area contributed by atoms with Crippen LogP contribution in [-0.2, 0) is 0 Å². The van der Waals surface area contributed by atoms with Gasteiger partial charge in [-0.05, 0) is 62.2 Å². The molecule has 184 valence electrons. The van der Waals surface area contributed by atoms with Crippen molar-refractivity contribution >= 4 is 22.4 Å². The number of hydrogen-bond acceptors (Lipinski definition) is 6. The molecule has 0 bridgehead atoms. The van der Waals surface area contributed by atoms with Gasteiger partial charge < -0.3 is 14.4 Å². The highest BCUT2D eigenvalue weighted by atomic mass is 16.4. The molecular weight excluding hydrogens is 450 g/mol. The lowest BCUT2D eigenvalue weighted by atomic mass is 9.86. The molecule has 0 saturated carbocycles. The topological polar surface area (TPSA) is 78.1 Å². The zero-order chi connectivity index (χ0) is 24.7. The van der Waals surface area contributed by atoms with E-state index in [-0.39, 0.29) is 11.3 Å². The van der Waals surface area contributed by atoms with Gasteiger partial charge in [-0.2, -0.15) is 5.10 Å². The van der Waals surface area contributed by atoms with Gasteiger partial charge in [-0.3, -0.25) is 5.43 Å². The van der Waals surface area contributed by atoms with Crippen LogP contribution in [0.5, 0.6) is 5.75 Å². The van der Waals surface area contributed by atoms with E-state index in [1.165, 1.54) is 12.8 Å². The molecule has 0 amide bonds. The fraction of sp³-hybridized carbons (Fsp3) is 0.267. The standard InChI is InChI=1S/C30H31N3O3/c34-29-25-15-7-8-16-27(25)36-30(35)28(29)26(22-11-3-1-4-12-22)21-24(17-20-33-18-9-10-19-33)32-31-23-13-5-2-6-14-23/h1-8,11-16,26,31,34H,9-10,17-21H2/b32-24+. The average molecular weight is 482 g/mol. The fourth-order valence-electron chi connectivity index (χ4n) is 4.92. The largest absolute Gasteiger partial charge is 0.507 e. The van der Waals surface area contributed by atoms with Crippen molar-refractivity contribution in [2.75, 3.05) is 25.1 Å². The molecule has 1 fully saturated rings. The summed E-state index contributed by atoms with van der Waals surface area (Å²) in [6.45, 7) is 3.13. The van der Waals surface area contributed by atoms with Crippen molar-refractivity contribution in [1.82, 2.24) is 4.90 Å². The number of para-hydroxylation sites is 2. The number of likely N-dealkylation sites (tertiary alicyclic amines) is 1. The van der Waals surface area contributed by atoms with Crippen molar-refractivity contribution in [3.05, 3.63) is 106 Å². The van der Waals surface area contributed by atoms with E-state index in [1.54, 1.807) is 18.2 Å². The number of fused-ring (bicyclic) bond motifs is 1. The summed E-state index contributed by atoms with van der Waals surface area (Å²) in [5.74, 6) is -0.424. The van der Waals surface area contributed by atoms with Crippen molar-refractivity contribution in [2.24, 2.45) is 5.10 Å². The van der Waals surface area contributed by atoms with Crippen LogP contribution in [0.1, 0.15) is 42.7 Å². The van der Waals surface area contributed by atoms with Crippen molar-refractivity contribution in [3.8, 4) is 5.75 Å². The Morgan fingerprint density at radius 3 is 2.36 bits per heavy atom. The molecule has 1 atom stereocenters. The molecule has 1 aliphatic rings. The number of benzene rings is 3. The van der Waals surface area contributed by atoms with E-state index in [0.29, 0.717) is 17.4 Å². The number of anilines is 1. The Balaban J connectivity index is 1.53. The maximum absolute atomic E-state index is 13.2. The third-order valence-corrected chi connectivity index (χ3v) is 6.84. The average Bonchev–Trinajstić information content (AvgIpc) is 3.44. The van der Waals surface area contributed by atoms with Gasteiger partial charge >= 0.3 is 5.63 Å². The van der Waals surface area contributed by atoms with E-state index in [2.05, 4.69) is 10.3 Å². The monoisotopic (exact) mass is 481 g/mol. The first-order valence-corrected chi connectivity index (χ1v) is 12.6. The maximum Gasteiger partial charge on any atom is 0.343 e. The van der Waals surface area contributed by atoms with Crippen LogP contribution in [0, 0.1) is 0 Å². The van der Waals surface area contributed by atoms with Gasteiger partial charge in [0.2, 0.25) is 0 Å². The summed E-state index contributed by atoms with van der Waals surface area (Å²) in [6, 6.07) is 26.8. The van der Waals surface area contributed by atoms with Crippen LogP contribution >= 0.6 is 0 Å². The first kappa shape index (κ1) is 23.8. The van der Waals surface area contributed by atoms with Gasteiger partial charge in [0.25, 0.3) is 0 Å². The van der Waals surface area contributed by atoms with Crippen LogP contribution in [0.3, 0.4) is 0 Å². The summed E-state index contributed by atoms with van der Waals surface area (Å²) in [5, 5.41) is 16.6. The molecule has 36 heavy (non-hydrogen) atoms. The lowest BCUT2D eigenvalue weighted by molar-refractivity contribution is 0.349. The van der Waals surface area contributed by atoms with Crippen LogP contribution in [0.4, 0.5) is 5.69 Å². The second kappa shape index (κ2) is 11.2. The van der Waals surface area contributed by atoms with Gasteiger partial charge in [0.15, 0.2) is 0 Å². The smallest absolute Gasteiger partial charge is 0.343 e. The summed E-state index contributed by atoms with van der Waals surface area (Å²) in [7, 11) is 0. The Hall–Kier alpha value is -3.90. The third kappa shape index (κ3) is 5.50. The Labute approximate surface area is 210 Å². The molecule has 1 aliphatic heterocycles. The molecule has 3 aromatic carbocycles. The van der Waals surface area contributed by atoms with Crippen LogP contribution in [0.2, 0.25) is 0 Å². The molecule has 2 N–H and O–H groups in total. The summed E-state index contributed by atoms with van der Waals surface area (Å²) in [5.41, 5.74) is 6.10. The molecule has 1 aromatic heterocycles. The van der Waals surface area contributed by atoms with E-state index in [0.717, 1.165) is 43.0 Å². The first-order chi connectivity index (χ1) is 17.7. The van der Waals surface area contributed by atoms with Gasteiger partial charge in [0.05, 0.1) is 16.6 Å². The van der Waals surface area contributed by atoms with E-state index >= 15 is 0 Å². The molecule has 1 saturated heterocycles. The molecule has 4 aromatic rings. The summed E-state index contributed by atoms with van der Waals surface area (Å²) >= 11 is 0. The SMILES string of the molecule is O=c1oc2ccccc2c(O)c1C(C/C(CCN1CCCC1)=N/Nc1ccccc1)c1ccccc1. The molecular formula is C30H31N3O3. The lowest BCUT2D eigenvalue weighted by Crippen LogP contribution is -2.24. The maximum atomic E-state index is 13.2. The highest BCUT2D eigenvalue weighted by Gasteiger charge is 2.26. The molecule has 0 aliphatic carbocycles. The van der Waals surface area contributed by atoms with Crippen molar-refractivity contribution in [3.63, 3.8) is 0 Å². The number of rotatable bonds is 9. The predicted octanol–water partition coefficient (Wildman–Crippen LogP) is 5.97. The quantitative estimate of drug-likeness (QED) is 0.175. The van der Waals surface area contributed by atoms with Gasteiger partial charge in [0.1, 0.15) is 11.3 Å². The lowest BCUT2D eigenvalue weighted by Gasteiger charge is -2.21. The number of hydrogen-bond donors (Lipinski definition) is 2. The van der Waals surface area contributed by atoms with E-state index in [4.69, 9.17) is 9.52 Å². The zero-order valence-electron chi connectivity index (χ0n) is 20.3. The molecule has 6 nitrogen and oxygen atoms in total. The van der Waals surface area contributed by atoms with Crippen LogP contribution in [-0.4, -0.2) is 35.4 Å². The number of aromatic hydroxyl groups is 1. The molecule has 0 spiro atoms. The van der Waals surface area contributed by atoms with Crippen molar-refractivity contribution < 1.29 is 9.52 Å². The van der Waals surface area contributed by atoms with Crippen LogP contribution < -0.4 is 11.1 Å². The minimum absolute atomic E-state index is 0.0226. The van der Waals surface area contributed by atoms with Crippen LogP contribution in [0.15, 0.2) is 99.2 Å². The van der Waals surface area contributed by atoms with Gasteiger partial charge in [0, 0.05) is 24.6 Å². The van der Waals surface area contributed by atoms with Crippen LogP contribution in [0.25, 0.3) is 11.0 Å². The normalized spacial score (nSPS) is 15.3. The first-order valence-electron chi connectivity index (χ1n) is 12.6. The predicted molar refractivity (Wildman–Crippen MR) is 145 cm³/mol. The molecule has 0 radical (unpaired) electrons. The zero-order valence-corrected chi connectivity index (χ0v) is 20.3. The highest BCUT2D eigenvalue weighted by molar-refractivity contribution is 5.88. The third-order valence-electron chi connectivity index (χ3n) is 6.84. The number of hydrazone groups is 1. The fourth-order valence-corrected chi connectivity index (χ4v) is 4.92. The Morgan fingerprint density at radius 2 is 1.61 bits per heavy atom. The number of nitrogens with one attached hydrogen (secondary N) is 1. The summed E-state index contributed by atoms with van der Waals surface area (Å²) < 4.78 is 5.65. The Morgan fingerprint density at radius 1 is 0.944 bits per heavy atom. The second-order valence-corrected chi connectivity index (χ2v) is 9.27. The highest BCUT2D eigenvalue weighted by Crippen LogP contribution is 2.36. The van der Waals surface area contributed by atoms with Gasteiger partial charge in [-0.1, -0.05) is 60.7 Å². The Kier molecular flexibility index (Phi) is 7.43. The number of nitrogens with zero attached hydrogens (tertiary/aromatic N) is 2. The van der Waals surface area contributed by atoms with Crippen molar-refractivity contribution in [1.29, 1.82) is 0 Å². The Bertz CT molecular complexity index is 1380. The summed E-state index contributed by atoms with van der Waals surface area (Å²) in [4.78, 5) is 15.7. The molecule has 1 unspecified atom stereocenters. The minimum Gasteiger partial charge on any atom is -0.507 e. The van der Waals surface area contributed by atoms with Crippen molar-refractivity contribution in [2.45, 2.75) is 31.6 Å². The second-order valence-electron chi connectivity index (χ2n) is 9.27. The van der Waals surface area contributed by atoms with E-state index < -0.39 is 11.5 Å². The molecule has 2 heterocycles. The minimum atomic E-state index is -0.519. The molecule has 5 rings (SSSR count). The van der Waals surface area contributed by atoms with Gasteiger partial charge in [-0.15, -0.1) is 0 Å². The van der Waals surface area contributed by atoms with E-state index in [9.17, 15) is 9.90 Å². The van der Waals surface area contributed by atoms with Gasteiger partial charge in [-0.25, -0.2) is 4.79 Å². The summed E-state index contributed by atoms with van der Waals surface area (Å²) in [6.07, 6.45) is 3.71. The van der Waals surface area contributed by atoms with E-state index in [1.807, 2.05) is 66.7 Å². The molecule has 6 heteroatoms.